The Bertz CT molecular complexity index is 943. The predicted molar refractivity (Wildman–Crippen MR) is 106 cm³/mol. The number of rotatable bonds is 6. The lowest BCUT2D eigenvalue weighted by molar-refractivity contribution is -0.116. The number of nitrogens with zero attached hydrogens (tertiary/aromatic N) is 2. The zero-order valence-electron chi connectivity index (χ0n) is 14.6. The summed E-state index contributed by atoms with van der Waals surface area (Å²) in [7, 11) is -2.54. The van der Waals surface area contributed by atoms with Gasteiger partial charge in [-0.05, 0) is 37.1 Å². The van der Waals surface area contributed by atoms with E-state index in [1.807, 2.05) is 4.90 Å². The second kappa shape index (κ2) is 8.14. The molecule has 146 valence electrons. The van der Waals surface area contributed by atoms with Gasteiger partial charge in [-0.2, -0.15) is 4.31 Å². The van der Waals surface area contributed by atoms with Gasteiger partial charge in [-0.1, -0.05) is 17.7 Å². The molecule has 1 amide bonds. The molecule has 1 aromatic carbocycles. The fourth-order valence-corrected chi connectivity index (χ4v) is 5.73. The number of para-hydroxylation sites is 1. The van der Waals surface area contributed by atoms with Crippen molar-refractivity contribution in [3.8, 4) is 0 Å². The van der Waals surface area contributed by atoms with Gasteiger partial charge in [-0.3, -0.25) is 4.79 Å². The van der Waals surface area contributed by atoms with E-state index in [-0.39, 0.29) is 9.90 Å². The molecule has 0 atom stereocenters. The zero-order valence-corrected chi connectivity index (χ0v) is 17.0. The van der Waals surface area contributed by atoms with Crippen LogP contribution >= 0.6 is 22.9 Å². The summed E-state index contributed by atoms with van der Waals surface area (Å²) < 4.78 is 40.6. The second-order valence-corrected chi connectivity index (χ2v) is 10.2. The second-order valence-electron chi connectivity index (χ2n) is 6.20. The maximum absolute atomic E-state index is 14.3. The molecule has 27 heavy (non-hydrogen) atoms. The Morgan fingerprint density at radius 3 is 2.63 bits per heavy atom. The molecule has 0 unspecified atom stereocenters. The van der Waals surface area contributed by atoms with Gasteiger partial charge in [0, 0.05) is 20.1 Å². The van der Waals surface area contributed by atoms with Crippen molar-refractivity contribution in [1.29, 1.82) is 0 Å². The van der Waals surface area contributed by atoms with Crippen molar-refractivity contribution in [2.45, 2.75) is 17.1 Å². The van der Waals surface area contributed by atoms with Gasteiger partial charge in [0.15, 0.2) is 0 Å². The van der Waals surface area contributed by atoms with E-state index >= 15 is 0 Å². The molecule has 1 fully saturated rings. The SMILES string of the molecule is CN(CC(=O)Nc1c(F)cccc1N1CCCC1)S(=O)(=O)c1ccc(Cl)s1. The Morgan fingerprint density at radius 1 is 1.30 bits per heavy atom. The summed E-state index contributed by atoms with van der Waals surface area (Å²) in [5.74, 6) is -1.17. The van der Waals surface area contributed by atoms with Gasteiger partial charge < -0.3 is 10.2 Å². The molecular formula is C17H19ClFN3O3S2. The largest absolute Gasteiger partial charge is 0.370 e. The Hall–Kier alpha value is -1.68. The number of thiophene rings is 1. The van der Waals surface area contributed by atoms with Crippen molar-refractivity contribution in [3.05, 3.63) is 40.5 Å². The minimum atomic E-state index is -3.84. The summed E-state index contributed by atoms with van der Waals surface area (Å²) >= 11 is 6.70. The number of nitrogens with one attached hydrogen (secondary N) is 1. The van der Waals surface area contributed by atoms with Crippen LogP contribution in [0.2, 0.25) is 4.34 Å². The van der Waals surface area contributed by atoms with E-state index in [4.69, 9.17) is 11.6 Å². The minimum absolute atomic E-state index is 0.0476. The highest BCUT2D eigenvalue weighted by Gasteiger charge is 2.26. The minimum Gasteiger partial charge on any atom is -0.370 e. The van der Waals surface area contributed by atoms with E-state index in [0.29, 0.717) is 10.0 Å². The highest BCUT2D eigenvalue weighted by molar-refractivity contribution is 7.91. The van der Waals surface area contributed by atoms with Gasteiger partial charge in [-0.15, -0.1) is 11.3 Å². The van der Waals surface area contributed by atoms with E-state index in [2.05, 4.69) is 5.32 Å². The van der Waals surface area contributed by atoms with Crippen LogP contribution < -0.4 is 10.2 Å². The average molecular weight is 432 g/mol. The maximum atomic E-state index is 14.3. The van der Waals surface area contributed by atoms with Gasteiger partial charge in [-0.25, -0.2) is 12.8 Å². The van der Waals surface area contributed by atoms with Crippen molar-refractivity contribution in [2.75, 3.05) is 36.9 Å². The Kier molecular flexibility index (Phi) is 6.05. The normalized spacial score (nSPS) is 14.7. The summed E-state index contributed by atoms with van der Waals surface area (Å²) in [5, 5.41) is 2.53. The molecular weight excluding hydrogens is 413 g/mol. The molecule has 3 rings (SSSR count). The summed E-state index contributed by atoms with van der Waals surface area (Å²) in [5.41, 5.74) is 0.686. The molecule has 1 aliphatic heterocycles. The lowest BCUT2D eigenvalue weighted by Gasteiger charge is -2.22. The van der Waals surface area contributed by atoms with E-state index < -0.39 is 28.3 Å². The maximum Gasteiger partial charge on any atom is 0.252 e. The third kappa shape index (κ3) is 4.43. The molecule has 1 N–H and O–H groups in total. The lowest BCUT2D eigenvalue weighted by atomic mass is 10.2. The number of sulfonamides is 1. The first-order valence-electron chi connectivity index (χ1n) is 8.34. The lowest BCUT2D eigenvalue weighted by Crippen LogP contribution is -2.35. The molecule has 0 saturated carbocycles. The molecule has 6 nitrogen and oxygen atoms in total. The number of carbonyl (C=O) groups excluding carboxylic acids is 1. The summed E-state index contributed by atoms with van der Waals surface area (Å²) in [6.45, 7) is 1.14. The quantitative estimate of drug-likeness (QED) is 0.761. The van der Waals surface area contributed by atoms with Crippen molar-refractivity contribution in [1.82, 2.24) is 4.31 Å². The number of halogens is 2. The molecule has 1 aromatic heterocycles. The van der Waals surface area contributed by atoms with Crippen LogP contribution in [0.3, 0.4) is 0 Å². The van der Waals surface area contributed by atoms with Crippen LogP contribution in [0.5, 0.6) is 0 Å². The highest BCUT2D eigenvalue weighted by Crippen LogP contribution is 2.31. The first kappa shape index (κ1) is 20.1. The van der Waals surface area contributed by atoms with Gasteiger partial charge in [0.05, 0.1) is 16.6 Å². The molecule has 1 saturated heterocycles. The van der Waals surface area contributed by atoms with Gasteiger partial charge in [0.2, 0.25) is 5.91 Å². The van der Waals surface area contributed by atoms with Crippen LogP contribution in [0.25, 0.3) is 0 Å². The van der Waals surface area contributed by atoms with E-state index in [1.54, 1.807) is 12.1 Å². The third-order valence-corrected chi connectivity index (χ3v) is 7.78. The topological polar surface area (TPSA) is 69.7 Å². The van der Waals surface area contributed by atoms with Crippen LogP contribution in [0, 0.1) is 5.82 Å². The average Bonchev–Trinajstić information content (AvgIpc) is 3.28. The van der Waals surface area contributed by atoms with Crippen molar-refractivity contribution < 1.29 is 17.6 Å². The molecule has 1 aliphatic rings. The van der Waals surface area contributed by atoms with Crippen molar-refractivity contribution in [3.63, 3.8) is 0 Å². The number of anilines is 2. The summed E-state index contributed by atoms with van der Waals surface area (Å²) in [4.78, 5) is 14.4. The number of hydrogen-bond donors (Lipinski definition) is 1. The molecule has 0 radical (unpaired) electrons. The van der Waals surface area contributed by atoms with E-state index in [0.717, 1.165) is 41.6 Å². The number of likely N-dealkylation sites (N-methyl/N-ethyl adjacent to an activating group) is 1. The smallest absolute Gasteiger partial charge is 0.252 e. The van der Waals surface area contributed by atoms with Gasteiger partial charge >= 0.3 is 0 Å². The summed E-state index contributed by atoms with van der Waals surface area (Å²) in [6, 6.07) is 7.48. The number of benzene rings is 1. The van der Waals surface area contributed by atoms with Crippen LogP contribution in [-0.2, 0) is 14.8 Å². The van der Waals surface area contributed by atoms with Crippen LogP contribution in [-0.4, -0.2) is 45.3 Å². The fourth-order valence-electron chi connectivity index (χ4n) is 2.91. The van der Waals surface area contributed by atoms with E-state index in [1.165, 1.54) is 25.2 Å². The van der Waals surface area contributed by atoms with Gasteiger partial charge in [0.1, 0.15) is 15.7 Å². The third-order valence-electron chi connectivity index (χ3n) is 4.28. The Morgan fingerprint density at radius 2 is 2.00 bits per heavy atom. The number of hydrogen-bond acceptors (Lipinski definition) is 5. The van der Waals surface area contributed by atoms with Crippen molar-refractivity contribution >= 4 is 50.2 Å². The van der Waals surface area contributed by atoms with Gasteiger partial charge in [0.25, 0.3) is 10.0 Å². The molecule has 2 heterocycles. The standard InChI is InChI=1S/C17H19ClFN3O3S2/c1-21(27(24,25)16-8-7-14(18)26-16)11-15(23)20-17-12(19)5-4-6-13(17)22-9-2-3-10-22/h4-8H,2-3,9-11H2,1H3,(H,20,23). The number of amides is 1. The molecule has 0 spiro atoms. The molecule has 0 bridgehead atoms. The van der Waals surface area contributed by atoms with Crippen LogP contribution in [0.15, 0.2) is 34.5 Å². The Balaban J connectivity index is 1.74. The summed E-state index contributed by atoms with van der Waals surface area (Å²) in [6.07, 6.45) is 2.02. The van der Waals surface area contributed by atoms with Crippen LogP contribution in [0.4, 0.5) is 15.8 Å². The fraction of sp³-hybridized carbons (Fsp3) is 0.353. The monoisotopic (exact) mass is 431 g/mol. The molecule has 2 aromatic rings. The highest BCUT2D eigenvalue weighted by atomic mass is 35.5. The Labute approximate surface area is 166 Å². The van der Waals surface area contributed by atoms with Crippen molar-refractivity contribution in [2.24, 2.45) is 0 Å². The first-order valence-corrected chi connectivity index (χ1v) is 11.0. The molecule has 0 aliphatic carbocycles. The first-order chi connectivity index (χ1) is 12.8. The zero-order chi connectivity index (χ0) is 19.6. The molecule has 10 heteroatoms. The van der Waals surface area contributed by atoms with E-state index in [9.17, 15) is 17.6 Å². The number of carbonyl (C=O) groups is 1. The predicted octanol–water partition coefficient (Wildman–Crippen LogP) is 3.40. The van der Waals surface area contributed by atoms with Crippen LogP contribution in [0.1, 0.15) is 12.8 Å².